The molecule has 6 heteroatoms. The largest absolute Gasteiger partial charge is 0.445 e. The molecule has 0 fully saturated rings. The Morgan fingerprint density at radius 1 is 0.926 bits per heavy atom. The van der Waals surface area contributed by atoms with Crippen LogP contribution < -0.4 is 5.32 Å². The van der Waals surface area contributed by atoms with E-state index in [1.807, 2.05) is 30.3 Å². The number of hydrogen-bond donors (Lipinski definition) is 1. The molecule has 0 spiro atoms. The van der Waals surface area contributed by atoms with Gasteiger partial charge in [-0.05, 0) is 28.0 Å². The molecule has 0 aliphatic heterocycles. The van der Waals surface area contributed by atoms with Gasteiger partial charge in [-0.1, -0.05) is 66.7 Å². The van der Waals surface area contributed by atoms with Crippen molar-refractivity contribution in [3.05, 3.63) is 83.9 Å². The number of alkyl carbamates (subject to hydrolysis) is 1. The van der Waals surface area contributed by atoms with Crippen LogP contribution in [-0.2, 0) is 11.3 Å². The molecule has 1 atom stereocenters. The van der Waals surface area contributed by atoms with Crippen molar-refractivity contribution in [1.29, 1.82) is 0 Å². The summed E-state index contributed by atoms with van der Waals surface area (Å²) in [6, 6.07) is 20.1. The lowest BCUT2D eigenvalue weighted by Gasteiger charge is -2.21. The first-order valence-electron chi connectivity index (χ1n) is 8.43. The first-order chi connectivity index (χ1) is 12.9. The van der Waals surface area contributed by atoms with E-state index in [1.54, 1.807) is 42.5 Å². The SMILES string of the molecule is O=C(NC(CC(F)(F)F)c1ccc2ccccc2c1)OCc1ccccc1. The van der Waals surface area contributed by atoms with Crippen LogP contribution in [0.2, 0.25) is 0 Å². The van der Waals surface area contributed by atoms with Gasteiger partial charge in [-0.2, -0.15) is 13.2 Å². The van der Waals surface area contributed by atoms with Crippen LogP contribution in [0, 0.1) is 0 Å². The highest BCUT2D eigenvalue weighted by Gasteiger charge is 2.33. The Morgan fingerprint density at radius 2 is 1.59 bits per heavy atom. The molecule has 0 heterocycles. The minimum Gasteiger partial charge on any atom is -0.445 e. The van der Waals surface area contributed by atoms with Gasteiger partial charge in [0.05, 0.1) is 12.5 Å². The van der Waals surface area contributed by atoms with E-state index >= 15 is 0 Å². The van der Waals surface area contributed by atoms with Crippen molar-refractivity contribution in [3.8, 4) is 0 Å². The Kier molecular flexibility index (Phi) is 5.64. The molecule has 1 amide bonds. The van der Waals surface area contributed by atoms with Crippen molar-refractivity contribution in [2.24, 2.45) is 0 Å². The Bertz CT molecular complexity index is 910. The monoisotopic (exact) mass is 373 g/mol. The molecule has 1 N–H and O–H groups in total. The average Bonchev–Trinajstić information content (AvgIpc) is 2.65. The normalized spacial score (nSPS) is 12.6. The number of hydrogen-bond acceptors (Lipinski definition) is 2. The van der Waals surface area contributed by atoms with Crippen LogP contribution >= 0.6 is 0 Å². The Hall–Kier alpha value is -3.02. The van der Waals surface area contributed by atoms with Crippen LogP contribution in [0.1, 0.15) is 23.6 Å². The summed E-state index contributed by atoms with van der Waals surface area (Å²) in [6.07, 6.45) is -6.49. The zero-order valence-corrected chi connectivity index (χ0v) is 14.4. The summed E-state index contributed by atoms with van der Waals surface area (Å²) < 4.78 is 44.1. The van der Waals surface area contributed by atoms with E-state index in [2.05, 4.69) is 5.32 Å². The number of rotatable bonds is 5. The van der Waals surface area contributed by atoms with E-state index in [9.17, 15) is 18.0 Å². The number of nitrogens with one attached hydrogen (secondary N) is 1. The van der Waals surface area contributed by atoms with Crippen LogP contribution in [0.5, 0.6) is 0 Å². The summed E-state index contributed by atoms with van der Waals surface area (Å²) in [5.74, 6) is 0. The molecule has 3 aromatic carbocycles. The number of alkyl halides is 3. The summed E-state index contributed by atoms with van der Waals surface area (Å²) in [4.78, 5) is 12.0. The van der Waals surface area contributed by atoms with Gasteiger partial charge in [0, 0.05) is 0 Å². The molecule has 3 nitrogen and oxygen atoms in total. The fourth-order valence-electron chi connectivity index (χ4n) is 2.82. The summed E-state index contributed by atoms with van der Waals surface area (Å²) >= 11 is 0. The van der Waals surface area contributed by atoms with Gasteiger partial charge in [-0.15, -0.1) is 0 Å². The van der Waals surface area contributed by atoms with E-state index < -0.39 is 24.7 Å². The minimum atomic E-state index is -4.43. The van der Waals surface area contributed by atoms with E-state index in [0.717, 1.165) is 16.3 Å². The molecule has 0 saturated carbocycles. The quantitative estimate of drug-likeness (QED) is 0.617. The smallest absolute Gasteiger partial charge is 0.407 e. The van der Waals surface area contributed by atoms with Crippen molar-refractivity contribution in [2.75, 3.05) is 0 Å². The molecular formula is C21H18F3NO2. The maximum absolute atomic E-state index is 13.0. The van der Waals surface area contributed by atoms with Crippen molar-refractivity contribution in [3.63, 3.8) is 0 Å². The van der Waals surface area contributed by atoms with Crippen LogP contribution in [-0.4, -0.2) is 12.3 Å². The summed E-state index contributed by atoms with van der Waals surface area (Å²) in [6.45, 7) is -0.0108. The number of halogens is 3. The predicted molar refractivity (Wildman–Crippen MR) is 97.1 cm³/mol. The fourth-order valence-corrected chi connectivity index (χ4v) is 2.82. The molecule has 140 valence electrons. The highest BCUT2D eigenvalue weighted by Crippen LogP contribution is 2.31. The minimum absolute atomic E-state index is 0.0108. The molecule has 3 rings (SSSR count). The predicted octanol–water partition coefficient (Wildman–Crippen LogP) is 5.76. The Balaban J connectivity index is 1.74. The Labute approximate surface area is 154 Å². The first-order valence-corrected chi connectivity index (χ1v) is 8.43. The first kappa shape index (κ1) is 18.8. The maximum Gasteiger partial charge on any atom is 0.407 e. The summed E-state index contributed by atoms with van der Waals surface area (Å²) in [7, 11) is 0. The number of carbonyl (C=O) groups is 1. The zero-order valence-electron chi connectivity index (χ0n) is 14.4. The lowest BCUT2D eigenvalue weighted by Crippen LogP contribution is -2.32. The molecule has 1 unspecified atom stereocenters. The van der Waals surface area contributed by atoms with Crippen LogP contribution in [0.25, 0.3) is 10.8 Å². The lowest BCUT2D eigenvalue weighted by atomic mass is 9.99. The van der Waals surface area contributed by atoms with E-state index in [4.69, 9.17) is 4.74 Å². The van der Waals surface area contributed by atoms with Crippen LogP contribution in [0.15, 0.2) is 72.8 Å². The third-order valence-electron chi connectivity index (χ3n) is 4.12. The second-order valence-electron chi connectivity index (χ2n) is 6.18. The molecule has 0 radical (unpaired) electrons. The molecule has 0 aliphatic carbocycles. The second-order valence-corrected chi connectivity index (χ2v) is 6.18. The molecule has 27 heavy (non-hydrogen) atoms. The molecular weight excluding hydrogens is 355 g/mol. The van der Waals surface area contributed by atoms with Gasteiger partial charge >= 0.3 is 12.3 Å². The highest BCUT2D eigenvalue weighted by atomic mass is 19.4. The third kappa shape index (κ3) is 5.48. The van der Waals surface area contributed by atoms with Crippen molar-refractivity contribution in [2.45, 2.75) is 25.2 Å². The molecule has 0 bridgehead atoms. The van der Waals surface area contributed by atoms with Crippen LogP contribution in [0.3, 0.4) is 0 Å². The Morgan fingerprint density at radius 3 is 2.30 bits per heavy atom. The number of benzene rings is 3. The van der Waals surface area contributed by atoms with E-state index in [-0.39, 0.29) is 6.61 Å². The lowest BCUT2D eigenvalue weighted by molar-refractivity contribution is -0.140. The average molecular weight is 373 g/mol. The van der Waals surface area contributed by atoms with Gasteiger partial charge in [0.2, 0.25) is 0 Å². The fraction of sp³-hybridized carbons (Fsp3) is 0.190. The molecule has 3 aromatic rings. The molecule has 0 saturated heterocycles. The van der Waals surface area contributed by atoms with Gasteiger partial charge in [0.1, 0.15) is 6.61 Å². The summed E-state index contributed by atoms with van der Waals surface area (Å²) in [5, 5.41) is 4.07. The molecule has 0 aliphatic rings. The van der Waals surface area contributed by atoms with Gasteiger partial charge in [0.25, 0.3) is 0 Å². The van der Waals surface area contributed by atoms with Gasteiger partial charge < -0.3 is 10.1 Å². The number of ether oxygens (including phenoxy) is 1. The van der Waals surface area contributed by atoms with Crippen molar-refractivity contribution in [1.82, 2.24) is 5.32 Å². The van der Waals surface area contributed by atoms with Gasteiger partial charge in [-0.3, -0.25) is 0 Å². The highest BCUT2D eigenvalue weighted by molar-refractivity contribution is 5.83. The second kappa shape index (κ2) is 8.12. The zero-order chi connectivity index (χ0) is 19.3. The standard InChI is InChI=1S/C21H18F3NO2/c22-21(23,24)13-19(18-11-10-16-8-4-5-9-17(16)12-18)25-20(26)27-14-15-6-2-1-3-7-15/h1-12,19H,13-14H2,(H,25,26). The molecule has 0 aromatic heterocycles. The van der Waals surface area contributed by atoms with Crippen molar-refractivity contribution < 1.29 is 22.7 Å². The summed E-state index contributed by atoms with van der Waals surface area (Å²) in [5.41, 5.74) is 1.13. The van der Waals surface area contributed by atoms with Crippen LogP contribution in [0.4, 0.5) is 18.0 Å². The maximum atomic E-state index is 13.0. The van der Waals surface area contributed by atoms with Gasteiger partial charge in [0.15, 0.2) is 0 Å². The number of amides is 1. The number of carbonyl (C=O) groups excluding carboxylic acids is 1. The van der Waals surface area contributed by atoms with Crippen molar-refractivity contribution >= 4 is 16.9 Å². The third-order valence-corrected chi connectivity index (χ3v) is 4.12. The van der Waals surface area contributed by atoms with E-state index in [1.165, 1.54) is 0 Å². The number of fused-ring (bicyclic) bond motifs is 1. The topological polar surface area (TPSA) is 38.3 Å². The van der Waals surface area contributed by atoms with E-state index in [0.29, 0.717) is 5.56 Å². The van der Waals surface area contributed by atoms with Gasteiger partial charge in [-0.25, -0.2) is 4.79 Å².